The minimum atomic E-state index is 0.306. The summed E-state index contributed by atoms with van der Waals surface area (Å²) in [5, 5.41) is 8.14. The van der Waals surface area contributed by atoms with Crippen LogP contribution in [0.1, 0.15) is 91.5 Å². The Hall–Kier alpha value is -3.64. The first-order valence-corrected chi connectivity index (χ1v) is 17.8. The Morgan fingerprint density at radius 1 is 0.457 bits per heavy atom. The molecule has 2 aliphatic rings. The molecule has 0 heteroatoms. The highest BCUT2D eigenvalue weighted by atomic mass is 14.3. The van der Waals surface area contributed by atoms with Crippen LogP contribution in [-0.2, 0) is 25.7 Å². The van der Waals surface area contributed by atoms with Gasteiger partial charge in [-0.1, -0.05) is 178 Å². The summed E-state index contributed by atoms with van der Waals surface area (Å²) in [6.07, 6.45) is 13.9. The molecule has 0 nitrogen and oxygen atoms in total. The molecule has 0 saturated heterocycles. The number of hydrogen-bond acceptors (Lipinski definition) is 0. The lowest BCUT2D eigenvalue weighted by molar-refractivity contribution is 0.409. The molecule has 5 aromatic carbocycles. The molecule has 2 unspecified atom stereocenters. The van der Waals surface area contributed by atoms with E-state index in [-0.39, 0.29) is 0 Å². The van der Waals surface area contributed by atoms with Crippen LogP contribution in [0.3, 0.4) is 0 Å². The molecule has 2 atom stereocenters. The van der Waals surface area contributed by atoms with E-state index in [1.807, 2.05) is 27.7 Å². The molecule has 242 valence electrons. The highest BCUT2D eigenvalue weighted by Gasteiger charge is 2.26. The fraction of sp³-hybridized carbons (Fsp3) is 0.391. The van der Waals surface area contributed by atoms with Crippen molar-refractivity contribution < 1.29 is 0 Å². The fourth-order valence-corrected chi connectivity index (χ4v) is 7.11. The molecule has 0 saturated carbocycles. The van der Waals surface area contributed by atoms with Gasteiger partial charge < -0.3 is 0 Å². The SMILES string of the molecule is CC.CC.CC(C)(C)Cc1ccc2c(c1)CC1C=CC=CC1C2.CC(C)(C)Cc1ccc2c3ccccc3c3ccccc3c2c1. The highest BCUT2D eigenvalue weighted by molar-refractivity contribution is 6.25. The van der Waals surface area contributed by atoms with E-state index in [1.54, 1.807) is 11.1 Å². The predicted molar refractivity (Wildman–Crippen MR) is 207 cm³/mol. The minimum absolute atomic E-state index is 0.306. The van der Waals surface area contributed by atoms with Gasteiger partial charge in [-0.2, -0.15) is 0 Å². The van der Waals surface area contributed by atoms with Crippen LogP contribution in [-0.4, -0.2) is 0 Å². The average Bonchev–Trinajstić information content (AvgIpc) is 3.04. The number of hydrogen-bond donors (Lipinski definition) is 0. The topological polar surface area (TPSA) is 0 Å². The largest absolute Gasteiger partial charge is 0.0805 e. The predicted octanol–water partition coefficient (Wildman–Crippen LogP) is 13.5. The van der Waals surface area contributed by atoms with Gasteiger partial charge in [0.2, 0.25) is 0 Å². The summed E-state index contributed by atoms with van der Waals surface area (Å²) in [7, 11) is 0. The van der Waals surface area contributed by atoms with Crippen LogP contribution in [0.2, 0.25) is 0 Å². The normalized spacial score (nSPS) is 16.7. The molecule has 5 aromatic rings. The van der Waals surface area contributed by atoms with Crippen LogP contribution in [0, 0.1) is 22.7 Å². The Kier molecular flexibility index (Phi) is 11.7. The summed E-state index contributed by atoms with van der Waals surface area (Å²) < 4.78 is 0. The molecule has 0 amide bonds. The van der Waals surface area contributed by atoms with Gasteiger partial charge in [-0.3, -0.25) is 0 Å². The van der Waals surface area contributed by atoms with Crippen molar-refractivity contribution in [3.05, 3.63) is 131 Å². The lowest BCUT2D eigenvalue weighted by Crippen LogP contribution is -2.24. The molecule has 0 aliphatic heterocycles. The molecule has 0 fully saturated rings. The first-order chi connectivity index (χ1) is 22.0. The lowest BCUT2D eigenvalue weighted by atomic mass is 9.73. The zero-order valence-corrected chi connectivity index (χ0v) is 30.4. The third kappa shape index (κ3) is 8.58. The summed E-state index contributed by atoms with van der Waals surface area (Å²) in [6.45, 7) is 21.9. The number of fused-ring (bicyclic) bond motifs is 8. The number of rotatable bonds is 2. The van der Waals surface area contributed by atoms with E-state index >= 15 is 0 Å². The van der Waals surface area contributed by atoms with Crippen molar-refractivity contribution in [3.63, 3.8) is 0 Å². The molecule has 0 spiro atoms. The summed E-state index contributed by atoms with van der Waals surface area (Å²) >= 11 is 0. The second-order valence-corrected chi connectivity index (χ2v) is 15.1. The Bertz CT molecular complexity index is 1760. The van der Waals surface area contributed by atoms with Gasteiger partial charge >= 0.3 is 0 Å². The first kappa shape index (κ1) is 35.2. The average molecular weight is 611 g/mol. The quantitative estimate of drug-likeness (QED) is 0.174. The van der Waals surface area contributed by atoms with Gasteiger partial charge in [-0.15, -0.1) is 0 Å². The first-order valence-electron chi connectivity index (χ1n) is 17.8. The van der Waals surface area contributed by atoms with E-state index < -0.39 is 0 Å². The van der Waals surface area contributed by atoms with Crippen LogP contribution in [0.5, 0.6) is 0 Å². The van der Waals surface area contributed by atoms with E-state index in [4.69, 9.17) is 0 Å². The van der Waals surface area contributed by atoms with Crippen LogP contribution in [0.4, 0.5) is 0 Å². The summed E-state index contributed by atoms with van der Waals surface area (Å²) in [6, 6.07) is 31.7. The molecule has 0 N–H and O–H groups in total. The summed E-state index contributed by atoms with van der Waals surface area (Å²) in [5.74, 6) is 1.45. The Balaban J connectivity index is 0.000000191. The van der Waals surface area contributed by atoms with Crippen LogP contribution in [0.25, 0.3) is 32.3 Å². The standard InChI is InChI=1S/C23H22.C19H24.2C2H6/c1-23(2,3)15-16-12-13-21-19-10-5-4-8-17(19)18-9-6-7-11-20(18)22(21)14-16;1-19(2,3)13-14-8-9-17-11-15-6-4-5-7-16(15)12-18(17)10-14;2*1-2/h4-14H,15H2,1-3H3;4-10,15-16H,11-13H2,1-3H3;2*1-2H3. The zero-order valence-electron chi connectivity index (χ0n) is 30.4. The fourth-order valence-electron chi connectivity index (χ4n) is 7.11. The minimum Gasteiger partial charge on any atom is -0.0805 e. The van der Waals surface area contributed by atoms with Gasteiger partial charge in [0.05, 0.1) is 0 Å². The van der Waals surface area contributed by atoms with Crippen LogP contribution < -0.4 is 0 Å². The lowest BCUT2D eigenvalue weighted by Gasteiger charge is -2.31. The highest BCUT2D eigenvalue weighted by Crippen LogP contribution is 2.37. The van der Waals surface area contributed by atoms with Gasteiger partial charge in [0.25, 0.3) is 0 Å². The Morgan fingerprint density at radius 2 is 0.848 bits per heavy atom. The second-order valence-electron chi connectivity index (χ2n) is 15.1. The monoisotopic (exact) mass is 610 g/mol. The van der Waals surface area contributed by atoms with Crippen molar-refractivity contribution >= 4 is 32.3 Å². The molecule has 0 radical (unpaired) electrons. The Morgan fingerprint density at radius 3 is 1.33 bits per heavy atom. The third-order valence-electron chi connectivity index (χ3n) is 8.84. The van der Waals surface area contributed by atoms with Gasteiger partial charge in [0.15, 0.2) is 0 Å². The van der Waals surface area contributed by atoms with Crippen molar-refractivity contribution in [2.75, 3.05) is 0 Å². The molecule has 2 aliphatic carbocycles. The van der Waals surface area contributed by atoms with Crippen LogP contribution >= 0.6 is 0 Å². The van der Waals surface area contributed by atoms with Crippen molar-refractivity contribution in [2.24, 2.45) is 22.7 Å². The maximum absolute atomic E-state index is 2.46. The molecule has 0 aromatic heterocycles. The molecule has 46 heavy (non-hydrogen) atoms. The van der Waals surface area contributed by atoms with Gasteiger partial charge in [-0.05, 0) is 103 Å². The van der Waals surface area contributed by atoms with Gasteiger partial charge in [0.1, 0.15) is 0 Å². The van der Waals surface area contributed by atoms with Crippen molar-refractivity contribution in [1.82, 2.24) is 0 Å². The van der Waals surface area contributed by atoms with Crippen molar-refractivity contribution in [1.29, 1.82) is 0 Å². The third-order valence-corrected chi connectivity index (χ3v) is 8.84. The smallest absolute Gasteiger partial charge is 0.00962 e. The van der Waals surface area contributed by atoms with E-state index in [0.29, 0.717) is 10.8 Å². The summed E-state index contributed by atoms with van der Waals surface area (Å²) in [4.78, 5) is 0. The van der Waals surface area contributed by atoms with Crippen molar-refractivity contribution in [3.8, 4) is 0 Å². The zero-order chi connectivity index (χ0) is 33.5. The molecular weight excluding hydrogens is 553 g/mol. The number of allylic oxidation sites excluding steroid dienone is 4. The van der Waals surface area contributed by atoms with Crippen molar-refractivity contribution in [2.45, 2.75) is 94.9 Å². The van der Waals surface area contributed by atoms with E-state index in [9.17, 15) is 0 Å². The Labute approximate surface area is 280 Å². The maximum Gasteiger partial charge on any atom is -0.00962 e. The van der Waals surface area contributed by atoms with E-state index in [2.05, 4.69) is 151 Å². The maximum atomic E-state index is 2.46. The van der Waals surface area contributed by atoms with Gasteiger partial charge in [0, 0.05) is 0 Å². The van der Waals surface area contributed by atoms with E-state index in [0.717, 1.165) is 18.3 Å². The summed E-state index contributed by atoms with van der Waals surface area (Å²) in [5.41, 5.74) is 6.76. The molecule has 0 heterocycles. The molecule has 0 bridgehead atoms. The van der Waals surface area contributed by atoms with Gasteiger partial charge in [-0.25, -0.2) is 0 Å². The van der Waals surface area contributed by atoms with Crippen LogP contribution in [0.15, 0.2) is 109 Å². The molecular formula is C46H58. The number of benzene rings is 5. The second kappa shape index (κ2) is 15.3. The van der Waals surface area contributed by atoms with E-state index in [1.165, 1.54) is 62.7 Å². The molecule has 7 rings (SSSR count).